The first kappa shape index (κ1) is 13.9. The van der Waals surface area contributed by atoms with Gasteiger partial charge < -0.3 is 9.80 Å². The van der Waals surface area contributed by atoms with Gasteiger partial charge in [-0.25, -0.2) is 14.4 Å². The van der Waals surface area contributed by atoms with Crippen LogP contribution >= 0.6 is 0 Å². The molecule has 2 aromatic heterocycles. The molecule has 1 aromatic carbocycles. The van der Waals surface area contributed by atoms with Crippen molar-refractivity contribution < 1.29 is 4.39 Å². The Kier molecular flexibility index (Phi) is 3.33. The number of fused-ring (bicyclic) bond motifs is 1. The van der Waals surface area contributed by atoms with E-state index in [1.165, 1.54) is 12.4 Å². The van der Waals surface area contributed by atoms with Gasteiger partial charge in [0.05, 0.1) is 11.9 Å². The maximum Gasteiger partial charge on any atom is 0.149 e. The Morgan fingerprint density at radius 3 is 2.57 bits per heavy atom. The fraction of sp³-hybridized carbons (Fsp3) is 0.312. The fourth-order valence-electron chi connectivity index (χ4n) is 3.04. The van der Waals surface area contributed by atoms with Gasteiger partial charge in [-0.3, -0.25) is 4.68 Å². The van der Waals surface area contributed by atoms with Gasteiger partial charge >= 0.3 is 0 Å². The van der Waals surface area contributed by atoms with Gasteiger partial charge in [-0.15, -0.1) is 0 Å². The van der Waals surface area contributed by atoms with E-state index in [9.17, 15) is 4.39 Å². The molecule has 0 aliphatic carbocycles. The first-order valence-corrected chi connectivity index (χ1v) is 7.60. The highest BCUT2D eigenvalue weighted by Gasteiger charge is 2.21. The topological polar surface area (TPSA) is 50.1 Å². The van der Waals surface area contributed by atoms with E-state index in [1.807, 2.05) is 30.2 Å². The molecule has 0 unspecified atom stereocenters. The number of aromatic nitrogens is 4. The number of halogens is 1. The van der Waals surface area contributed by atoms with Crippen molar-refractivity contribution in [2.45, 2.75) is 0 Å². The minimum absolute atomic E-state index is 0.305. The second-order valence-electron chi connectivity index (χ2n) is 5.68. The molecule has 0 amide bonds. The largest absolute Gasteiger partial charge is 0.365 e. The third-order valence-electron chi connectivity index (χ3n) is 4.23. The van der Waals surface area contributed by atoms with Gasteiger partial charge in [-0.05, 0) is 12.1 Å². The normalized spacial score (nSPS) is 15.4. The number of anilines is 2. The van der Waals surface area contributed by atoms with E-state index in [-0.39, 0.29) is 5.82 Å². The minimum atomic E-state index is -0.305. The minimum Gasteiger partial charge on any atom is -0.365 e. The van der Waals surface area contributed by atoms with Crippen LogP contribution in [0.5, 0.6) is 0 Å². The first-order valence-electron chi connectivity index (χ1n) is 7.60. The smallest absolute Gasteiger partial charge is 0.149 e. The molecule has 1 aliphatic heterocycles. The lowest BCUT2D eigenvalue weighted by Crippen LogP contribution is -2.46. The van der Waals surface area contributed by atoms with Gasteiger partial charge in [-0.1, -0.05) is 6.07 Å². The molecule has 0 bridgehead atoms. The zero-order valence-corrected chi connectivity index (χ0v) is 12.9. The molecule has 0 N–H and O–H groups in total. The van der Waals surface area contributed by atoms with Crippen molar-refractivity contribution in [2.75, 3.05) is 36.0 Å². The summed E-state index contributed by atoms with van der Waals surface area (Å²) in [4.78, 5) is 12.9. The second-order valence-corrected chi connectivity index (χ2v) is 5.68. The van der Waals surface area contributed by atoms with E-state index in [0.717, 1.165) is 43.1 Å². The molecular formula is C16H17FN6. The van der Waals surface area contributed by atoms with Crippen molar-refractivity contribution in [1.29, 1.82) is 0 Å². The maximum atomic E-state index is 13.9. The van der Waals surface area contributed by atoms with Crippen LogP contribution in [0.2, 0.25) is 0 Å². The molecule has 3 heterocycles. The van der Waals surface area contributed by atoms with E-state index in [2.05, 4.69) is 24.9 Å². The van der Waals surface area contributed by atoms with Crippen LogP contribution in [-0.4, -0.2) is 45.9 Å². The number of hydrogen-bond donors (Lipinski definition) is 0. The Bertz CT molecular complexity index is 837. The number of piperazine rings is 1. The Labute approximate surface area is 133 Å². The van der Waals surface area contributed by atoms with Crippen LogP contribution in [0, 0.1) is 5.82 Å². The number of hydrogen-bond acceptors (Lipinski definition) is 5. The zero-order valence-electron chi connectivity index (χ0n) is 12.9. The highest BCUT2D eigenvalue weighted by molar-refractivity contribution is 5.89. The zero-order chi connectivity index (χ0) is 15.8. The summed E-state index contributed by atoms with van der Waals surface area (Å²) in [5.74, 6) is 0.500. The van der Waals surface area contributed by atoms with Crippen molar-refractivity contribution in [2.24, 2.45) is 7.05 Å². The van der Waals surface area contributed by atoms with Crippen molar-refractivity contribution in [3.8, 4) is 0 Å². The number of benzene rings is 1. The average Bonchev–Trinajstić information content (AvgIpc) is 3.02. The van der Waals surface area contributed by atoms with E-state index < -0.39 is 0 Å². The standard InChI is InChI=1S/C16H17FN6/c1-21-10-12(9-20-21)22-5-7-23(8-6-22)16-13-3-2-4-14(17)15(13)18-11-19-16/h2-4,9-11H,5-8H2,1H3. The molecule has 1 fully saturated rings. The summed E-state index contributed by atoms with van der Waals surface area (Å²) in [5, 5.41) is 4.98. The Balaban J connectivity index is 1.58. The number of para-hydroxylation sites is 1. The van der Waals surface area contributed by atoms with Gasteiger partial charge in [0.2, 0.25) is 0 Å². The Hall–Kier alpha value is -2.70. The van der Waals surface area contributed by atoms with Gasteiger partial charge in [0.1, 0.15) is 23.5 Å². The highest BCUT2D eigenvalue weighted by Crippen LogP contribution is 2.26. The van der Waals surface area contributed by atoms with E-state index >= 15 is 0 Å². The highest BCUT2D eigenvalue weighted by atomic mass is 19.1. The van der Waals surface area contributed by atoms with Crippen molar-refractivity contribution in [3.05, 3.63) is 42.7 Å². The van der Waals surface area contributed by atoms with Crippen LogP contribution in [0.1, 0.15) is 0 Å². The van der Waals surface area contributed by atoms with Crippen molar-refractivity contribution in [1.82, 2.24) is 19.7 Å². The lowest BCUT2D eigenvalue weighted by molar-refractivity contribution is 0.634. The van der Waals surface area contributed by atoms with Crippen molar-refractivity contribution >= 4 is 22.4 Å². The summed E-state index contributed by atoms with van der Waals surface area (Å²) in [7, 11) is 1.92. The van der Waals surface area contributed by atoms with Crippen LogP contribution in [-0.2, 0) is 7.05 Å². The number of nitrogens with zero attached hydrogens (tertiary/aromatic N) is 6. The van der Waals surface area contributed by atoms with Crippen LogP contribution in [0.15, 0.2) is 36.9 Å². The van der Waals surface area contributed by atoms with Gasteiger partial charge in [0, 0.05) is 44.8 Å². The average molecular weight is 312 g/mol. The van der Waals surface area contributed by atoms with Crippen LogP contribution < -0.4 is 9.80 Å². The molecule has 3 aromatic rings. The molecule has 6 nitrogen and oxygen atoms in total. The monoisotopic (exact) mass is 312 g/mol. The molecule has 0 radical (unpaired) electrons. The van der Waals surface area contributed by atoms with Gasteiger partial charge in [0.15, 0.2) is 0 Å². The summed E-state index contributed by atoms with van der Waals surface area (Å²) < 4.78 is 15.7. The molecule has 118 valence electrons. The predicted molar refractivity (Wildman–Crippen MR) is 87.1 cm³/mol. The Morgan fingerprint density at radius 2 is 1.83 bits per heavy atom. The van der Waals surface area contributed by atoms with E-state index in [0.29, 0.717) is 5.52 Å². The molecule has 1 saturated heterocycles. The summed E-state index contributed by atoms with van der Waals surface area (Å²) >= 11 is 0. The first-order chi connectivity index (χ1) is 11.2. The number of rotatable bonds is 2. The third-order valence-corrected chi connectivity index (χ3v) is 4.23. The third kappa shape index (κ3) is 2.48. The summed E-state index contributed by atoms with van der Waals surface area (Å²) in [6.45, 7) is 3.42. The molecule has 1 aliphatic rings. The molecule has 4 rings (SSSR count). The predicted octanol–water partition coefficient (Wildman–Crippen LogP) is 1.83. The quantitative estimate of drug-likeness (QED) is 0.722. The Morgan fingerprint density at radius 1 is 1.04 bits per heavy atom. The molecular weight excluding hydrogens is 295 g/mol. The lowest BCUT2D eigenvalue weighted by atomic mass is 10.2. The van der Waals surface area contributed by atoms with Gasteiger partial charge in [-0.2, -0.15) is 5.10 Å². The molecule has 0 saturated carbocycles. The maximum absolute atomic E-state index is 13.9. The second kappa shape index (κ2) is 5.49. The molecule has 0 spiro atoms. The van der Waals surface area contributed by atoms with Crippen LogP contribution in [0.3, 0.4) is 0 Å². The van der Waals surface area contributed by atoms with E-state index in [1.54, 1.807) is 6.07 Å². The summed E-state index contributed by atoms with van der Waals surface area (Å²) in [6, 6.07) is 5.01. The molecule has 0 atom stereocenters. The lowest BCUT2D eigenvalue weighted by Gasteiger charge is -2.36. The summed E-state index contributed by atoms with van der Waals surface area (Å²) in [6.07, 6.45) is 5.34. The van der Waals surface area contributed by atoms with Crippen LogP contribution in [0.25, 0.3) is 10.9 Å². The van der Waals surface area contributed by atoms with E-state index in [4.69, 9.17) is 0 Å². The number of aryl methyl sites for hydroxylation is 1. The molecule has 7 heteroatoms. The SMILES string of the molecule is Cn1cc(N2CCN(c3ncnc4c(F)cccc34)CC2)cn1. The molecule has 23 heavy (non-hydrogen) atoms. The summed E-state index contributed by atoms with van der Waals surface area (Å²) in [5.41, 5.74) is 1.51. The fourth-order valence-corrected chi connectivity index (χ4v) is 3.04. The van der Waals surface area contributed by atoms with Crippen LogP contribution in [0.4, 0.5) is 15.9 Å². The van der Waals surface area contributed by atoms with Crippen molar-refractivity contribution in [3.63, 3.8) is 0 Å². The van der Waals surface area contributed by atoms with Gasteiger partial charge in [0.25, 0.3) is 0 Å².